The second-order valence-electron chi connectivity index (χ2n) is 2.85. The number of aliphatic carboxylic acids is 1. The third kappa shape index (κ3) is 1.06. The number of β-lactam (4-membered cyclic amide) rings is 1. The van der Waals surface area contributed by atoms with Gasteiger partial charge in [0.1, 0.15) is 17.1 Å². The normalized spacial score (nSPS) is 31.9. The minimum Gasteiger partial charge on any atom is -0.477 e. The van der Waals surface area contributed by atoms with Crippen molar-refractivity contribution >= 4 is 23.6 Å². The Labute approximate surface area is 78.6 Å². The Morgan fingerprint density at radius 3 is 3.08 bits per heavy atom. The Morgan fingerprint density at radius 1 is 1.77 bits per heavy atom. The van der Waals surface area contributed by atoms with Gasteiger partial charge in [-0.3, -0.25) is 9.69 Å². The molecule has 1 unspecified atom stereocenters. The molecule has 2 atom stereocenters. The molecule has 0 aromatic carbocycles. The summed E-state index contributed by atoms with van der Waals surface area (Å²) in [5, 5.41) is 8.57. The summed E-state index contributed by atoms with van der Waals surface area (Å²) in [6.45, 7) is 0. The number of amides is 1. The van der Waals surface area contributed by atoms with Gasteiger partial charge in [0.15, 0.2) is 0 Å². The largest absolute Gasteiger partial charge is 0.477 e. The highest BCUT2D eigenvalue weighted by Crippen LogP contribution is 2.36. The summed E-state index contributed by atoms with van der Waals surface area (Å²) in [6.07, 6.45) is 1.54. The Kier molecular flexibility index (Phi) is 1.81. The molecule has 0 aliphatic carbocycles. The SMILES string of the molecule is NC1C(=O)N2C(C(=O)O)=CCS[C@@H]12. The predicted molar refractivity (Wildman–Crippen MR) is 46.8 cm³/mol. The van der Waals surface area contributed by atoms with Gasteiger partial charge < -0.3 is 10.8 Å². The van der Waals surface area contributed by atoms with E-state index in [0.29, 0.717) is 5.75 Å². The number of carboxylic acids is 1. The van der Waals surface area contributed by atoms with E-state index in [1.807, 2.05) is 0 Å². The van der Waals surface area contributed by atoms with Crippen molar-refractivity contribution in [1.82, 2.24) is 4.90 Å². The lowest BCUT2D eigenvalue weighted by Gasteiger charge is -2.46. The molecule has 0 saturated carbocycles. The fraction of sp³-hybridized carbons (Fsp3) is 0.429. The maximum Gasteiger partial charge on any atom is 0.352 e. The molecule has 1 saturated heterocycles. The summed E-state index contributed by atoms with van der Waals surface area (Å²) in [5.74, 6) is -0.763. The van der Waals surface area contributed by atoms with E-state index < -0.39 is 12.0 Å². The summed E-state index contributed by atoms with van der Waals surface area (Å²) in [6, 6.07) is -0.534. The van der Waals surface area contributed by atoms with Gasteiger partial charge in [0.2, 0.25) is 5.91 Å². The molecular weight excluding hydrogens is 192 g/mol. The van der Waals surface area contributed by atoms with Crippen LogP contribution in [0.1, 0.15) is 0 Å². The van der Waals surface area contributed by atoms with Gasteiger partial charge in [0.25, 0.3) is 0 Å². The maximum atomic E-state index is 11.2. The zero-order chi connectivity index (χ0) is 9.59. The topological polar surface area (TPSA) is 83.6 Å². The third-order valence-electron chi connectivity index (χ3n) is 2.11. The fourth-order valence-electron chi connectivity index (χ4n) is 1.43. The molecule has 2 rings (SSSR count). The molecule has 1 amide bonds. The van der Waals surface area contributed by atoms with Gasteiger partial charge in [0.05, 0.1) is 0 Å². The molecule has 2 aliphatic rings. The standard InChI is InChI=1S/C7H8N2O3S/c8-4-5(10)9-3(7(11)12)1-2-13-6(4)9/h1,4,6H,2,8H2,(H,11,12)/t4?,6-/m0/s1. The van der Waals surface area contributed by atoms with Crippen LogP contribution in [0.15, 0.2) is 11.8 Å². The number of thioether (sulfide) groups is 1. The quantitative estimate of drug-likeness (QED) is 0.541. The van der Waals surface area contributed by atoms with Crippen molar-refractivity contribution < 1.29 is 14.7 Å². The number of carbonyl (C=O) groups excluding carboxylic acids is 1. The molecule has 70 valence electrons. The number of carboxylic acid groups (broad SMARTS) is 1. The van der Waals surface area contributed by atoms with Crippen LogP contribution in [-0.2, 0) is 9.59 Å². The van der Waals surface area contributed by atoms with Crippen molar-refractivity contribution in [1.29, 1.82) is 0 Å². The van der Waals surface area contributed by atoms with Crippen molar-refractivity contribution in [2.45, 2.75) is 11.4 Å². The summed E-state index contributed by atoms with van der Waals surface area (Å²) in [7, 11) is 0. The van der Waals surface area contributed by atoms with E-state index in [2.05, 4.69) is 0 Å². The van der Waals surface area contributed by atoms with E-state index in [9.17, 15) is 9.59 Å². The van der Waals surface area contributed by atoms with E-state index in [0.717, 1.165) is 0 Å². The highest BCUT2D eigenvalue weighted by molar-refractivity contribution is 8.00. The fourth-order valence-corrected chi connectivity index (χ4v) is 2.58. The Balaban J connectivity index is 2.27. The van der Waals surface area contributed by atoms with Crippen LogP contribution in [0.3, 0.4) is 0 Å². The van der Waals surface area contributed by atoms with Crippen molar-refractivity contribution in [3.05, 3.63) is 11.8 Å². The lowest BCUT2D eigenvalue weighted by Crippen LogP contribution is -2.68. The van der Waals surface area contributed by atoms with E-state index in [4.69, 9.17) is 10.8 Å². The third-order valence-corrected chi connectivity index (χ3v) is 3.31. The maximum absolute atomic E-state index is 11.2. The zero-order valence-corrected chi connectivity index (χ0v) is 7.45. The first-order valence-electron chi connectivity index (χ1n) is 3.76. The van der Waals surface area contributed by atoms with Crippen molar-refractivity contribution in [3.8, 4) is 0 Å². The molecule has 0 bridgehead atoms. The first-order chi connectivity index (χ1) is 6.13. The van der Waals surface area contributed by atoms with Crippen LogP contribution in [0.5, 0.6) is 0 Å². The molecule has 5 nitrogen and oxygen atoms in total. The van der Waals surface area contributed by atoms with Crippen LogP contribution >= 0.6 is 11.8 Å². The summed E-state index contributed by atoms with van der Waals surface area (Å²) >= 11 is 1.49. The van der Waals surface area contributed by atoms with Gasteiger partial charge in [-0.05, 0) is 6.08 Å². The van der Waals surface area contributed by atoms with Crippen LogP contribution < -0.4 is 5.73 Å². The van der Waals surface area contributed by atoms with E-state index >= 15 is 0 Å². The Bertz CT molecular complexity index is 315. The average molecular weight is 200 g/mol. The highest BCUT2D eigenvalue weighted by Gasteiger charge is 2.49. The highest BCUT2D eigenvalue weighted by atomic mass is 32.2. The first-order valence-corrected chi connectivity index (χ1v) is 4.81. The molecule has 2 heterocycles. The van der Waals surface area contributed by atoms with E-state index in [1.54, 1.807) is 0 Å². The molecule has 0 radical (unpaired) electrons. The van der Waals surface area contributed by atoms with E-state index in [-0.39, 0.29) is 17.0 Å². The summed E-state index contributed by atoms with van der Waals surface area (Å²) < 4.78 is 0. The predicted octanol–water partition coefficient (Wildman–Crippen LogP) is -0.803. The minimum atomic E-state index is -1.06. The lowest BCUT2D eigenvalue weighted by atomic mass is 10.1. The smallest absolute Gasteiger partial charge is 0.352 e. The van der Waals surface area contributed by atoms with Crippen molar-refractivity contribution in [3.63, 3.8) is 0 Å². The van der Waals surface area contributed by atoms with Gasteiger partial charge in [-0.2, -0.15) is 0 Å². The molecule has 0 aromatic heterocycles. The van der Waals surface area contributed by atoms with Gasteiger partial charge >= 0.3 is 5.97 Å². The van der Waals surface area contributed by atoms with Gasteiger partial charge in [-0.1, -0.05) is 0 Å². The molecule has 3 N–H and O–H groups in total. The monoisotopic (exact) mass is 200 g/mol. The molecule has 1 fully saturated rings. The summed E-state index contributed by atoms with van der Waals surface area (Å²) in [4.78, 5) is 23.1. The van der Waals surface area contributed by atoms with Crippen LogP contribution in [0.25, 0.3) is 0 Å². The number of hydrogen-bond donors (Lipinski definition) is 2. The van der Waals surface area contributed by atoms with Crippen LogP contribution in [0.4, 0.5) is 0 Å². The molecule has 0 spiro atoms. The molecular formula is C7H8N2O3S. The second kappa shape index (κ2) is 2.74. The molecule has 6 heteroatoms. The van der Waals surface area contributed by atoms with E-state index in [1.165, 1.54) is 22.7 Å². The van der Waals surface area contributed by atoms with Gasteiger partial charge in [0, 0.05) is 5.75 Å². The molecule has 13 heavy (non-hydrogen) atoms. The number of fused-ring (bicyclic) bond motifs is 1. The Morgan fingerprint density at radius 2 is 2.46 bits per heavy atom. The minimum absolute atomic E-state index is 0.0652. The van der Waals surface area contributed by atoms with Crippen molar-refractivity contribution in [2.24, 2.45) is 5.73 Å². The average Bonchev–Trinajstić information content (AvgIpc) is 2.15. The molecule has 0 aromatic rings. The van der Waals surface area contributed by atoms with Crippen molar-refractivity contribution in [2.75, 3.05) is 5.75 Å². The number of hydrogen-bond acceptors (Lipinski definition) is 4. The zero-order valence-electron chi connectivity index (χ0n) is 6.64. The first kappa shape index (κ1) is 8.58. The van der Waals surface area contributed by atoms with Gasteiger partial charge in [-0.25, -0.2) is 4.79 Å². The Hall–Kier alpha value is -1.01. The lowest BCUT2D eigenvalue weighted by molar-refractivity contribution is -0.147. The van der Waals surface area contributed by atoms with Gasteiger partial charge in [-0.15, -0.1) is 11.8 Å². The van der Waals surface area contributed by atoms with Crippen LogP contribution in [0.2, 0.25) is 0 Å². The summed E-state index contributed by atoms with van der Waals surface area (Å²) in [5.41, 5.74) is 5.57. The number of rotatable bonds is 1. The number of nitrogens with two attached hydrogens (primary N) is 1. The number of nitrogens with zero attached hydrogens (tertiary/aromatic N) is 1. The molecule has 2 aliphatic heterocycles. The number of carbonyl (C=O) groups is 2. The van der Waals surface area contributed by atoms with Crippen LogP contribution in [-0.4, -0.2) is 39.1 Å². The van der Waals surface area contributed by atoms with Crippen LogP contribution in [0, 0.1) is 0 Å². The second-order valence-corrected chi connectivity index (χ2v) is 4.00.